The highest BCUT2D eigenvalue weighted by atomic mass is 16.6. The summed E-state index contributed by atoms with van der Waals surface area (Å²) in [6.45, 7) is 0.801. The van der Waals surface area contributed by atoms with Crippen LogP contribution in [0.4, 0.5) is 5.69 Å². The van der Waals surface area contributed by atoms with Crippen LogP contribution in [0.25, 0.3) is 5.76 Å². The lowest BCUT2D eigenvalue weighted by atomic mass is 9.99. The SMILES string of the molecule is O=C1C(=O)N(CC2CCCO2)C(c2ccco2)/C1=C(/O)c1ccc([N+](=O)[O-])cc1. The third kappa shape index (κ3) is 3.40. The van der Waals surface area contributed by atoms with E-state index in [1.165, 1.54) is 35.4 Å². The number of amides is 1. The molecule has 0 radical (unpaired) electrons. The van der Waals surface area contributed by atoms with Gasteiger partial charge in [-0.05, 0) is 37.1 Å². The van der Waals surface area contributed by atoms with Gasteiger partial charge in [0.25, 0.3) is 17.4 Å². The Labute approximate surface area is 165 Å². The summed E-state index contributed by atoms with van der Waals surface area (Å²) in [6.07, 6.45) is 2.89. The Morgan fingerprint density at radius 3 is 2.59 bits per heavy atom. The van der Waals surface area contributed by atoms with E-state index < -0.39 is 28.4 Å². The minimum Gasteiger partial charge on any atom is -0.507 e. The number of ketones is 1. The van der Waals surface area contributed by atoms with Crippen molar-refractivity contribution < 1.29 is 28.8 Å². The van der Waals surface area contributed by atoms with E-state index in [0.29, 0.717) is 12.4 Å². The molecule has 2 fully saturated rings. The fraction of sp³-hybridized carbons (Fsp3) is 0.300. The Balaban J connectivity index is 1.76. The molecule has 2 atom stereocenters. The lowest BCUT2D eigenvalue weighted by Crippen LogP contribution is -2.36. The van der Waals surface area contributed by atoms with E-state index in [1.54, 1.807) is 12.1 Å². The molecule has 0 aliphatic carbocycles. The van der Waals surface area contributed by atoms with Crippen LogP contribution in [0, 0.1) is 10.1 Å². The second-order valence-corrected chi connectivity index (χ2v) is 6.91. The van der Waals surface area contributed by atoms with Gasteiger partial charge in [-0.1, -0.05) is 0 Å². The molecule has 1 amide bonds. The number of carbonyl (C=O) groups is 2. The molecule has 1 N–H and O–H groups in total. The predicted octanol–water partition coefficient (Wildman–Crippen LogP) is 2.79. The Bertz CT molecular complexity index is 973. The van der Waals surface area contributed by atoms with Gasteiger partial charge in [-0.3, -0.25) is 19.7 Å². The number of hydrogen-bond acceptors (Lipinski definition) is 7. The number of ether oxygens (including phenoxy) is 1. The summed E-state index contributed by atoms with van der Waals surface area (Å²) in [7, 11) is 0. The molecular weight excluding hydrogens is 380 g/mol. The smallest absolute Gasteiger partial charge is 0.295 e. The molecule has 2 aliphatic heterocycles. The molecule has 1 aromatic carbocycles. The summed E-state index contributed by atoms with van der Waals surface area (Å²) in [5.41, 5.74) is -0.0676. The lowest BCUT2D eigenvalue weighted by Gasteiger charge is -2.25. The molecule has 2 unspecified atom stereocenters. The van der Waals surface area contributed by atoms with Crippen molar-refractivity contribution in [3.05, 3.63) is 69.7 Å². The maximum atomic E-state index is 12.8. The topological polar surface area (TPSA) is 123 Å². The Morgan fingerprint density at radius 2 is 2.00 bits per heavy atom. The van der Waals surface area contributed by atoms with Crippen LogP contribution in [0.2, 0.25) is 0 Å². The van der Waals surface area contributed by atoms with Crippen molar-refractivity contribution in [2.45, 2.75) is 25.0 Å². The van der Waals surface area contributed by atoms with Crippen LogP contribution in [-0.2, 0) is 14.3 Å². The highest BCUT2D eigenvalue weighted by Gasteiger charge is 2.48. The normalized spacial score (nSPS) is 23.7. The molecule has 29 heavy (non-hydrogen) atoms. The molecule has 2 aromatic rings. The number of aliphatic hydroxyl groups is 1. The zero-order valence-corrected chi connectivity index (χ0v) is 15.3. The van der Waals surface area contributed by atoms with Crippen molar-refractivity contribution in [2.75, 3.05) is 13.2 Å². The largest absolute Gasteiger partial charge is 0.507 e. The van der Waals surface area contributed by atoms with Crippen LogP contribution in [0.1, 0.15) is 30.2 Å². The van der Waals surface area contributed by atoms with Crippen molar-refractivity contribution in [2.24, 2.45) is 0 Å². The van der Waals surface area contributed by atoms with Crippen molar-refractivity contribution in [3.63, 3.8) is 0 Å². The lowest BCUT2D eigenvalue weighted by molar-refractivity contribution is -0.384. The van der Waals surface area contributed by atoms with Crippen LogP contribution in [-0.4, -0.2) is 45.9 Å². The minimum atomic E-state index is -0.899. The number of carbonyl (C=O) groups excluding carboxylic acids is 2. The number of rotatable bonds is 5. The molecule has 1 aromatic heterocycles. The standard InChI is InChI=1S/C20H18N2O7/c23-18(12-5-7-13(8-6-12)22(26)27)16-17(15-4-2-10-29-15)21(20(25)19(16)24)11-14-3-1-9-28-14/h2,4-8,10,14,17,23H,1,3,9,11H2/b18-16-. The predicted molar refractivity (Wildman–Crippen MR) is 99.8 cm³/mol. The number of nitro groups is 1. The first-order valence-electron chi connectivity index (χ1n) is 9.15. The number of nitro benzene ring substituents is 1. The number of nitrogens with zero attached hydrogens (tertiary/aromatic N) is 2. The van der Waals surface area contributed by atoms with Crippen LogP contribution in [0.3, 0.4) is 0 Å². The maximum absolute atomic E-state index is 12.8. The van der Waals surface area contributed by atoms with Crippen molar-refractivity contribution in [1.82, 2.24) is 4.90 Å². The molecule has 3 heterocycles. The highest BCUT2D eigenvalue weighted by molar-refractivity contribution is 6.46. The number of likely N-dealkylation sites (tertiary alicyclic amines) is 1. The molecule has 2 saturated heterocycles. The van der Waals surface area contributed by atoms with E-state index >= 15 is 0 Å². The average molecular weight is 398 g/mol. The average Bonchev–Trinajstić information content (AvgIpc) is 3.46. The fourth-order valence-corrected chi connectivity index (χ4v) is 3.72. The van der Waals surface area contributed by atoms with Crippen LogP contribution >= 0.6 is 0 Å². The van der Waals surface area contributed by atoms with E-state index in [-0.39, 0.29) is 29.5 Å². The van der Waals surface area contributed by atoms with Gasteiger partial charge in [0.2, 0.25) is 0 Å². The molecule has 4 rings (SSSR count). The Morgan fingerprint density at radius 1 is 1.24 bits per heavy atom. The van der Waals surface area contributed by atoms with Crippen LogP contribution < -0.4 is 0 Å². The summed E-state index contributed by atoms with van der Waals surface area (Å²) in [5, 5.41) is 21.7. The summed E-state index contributed by atoms with van der Waals surface area (Å²) in [6, 6.07) is 7.47. The third-order valence-electron chi connectivity index (χ3n) is 5.13. The highest BCUT2D eigenvalue weighted by Crippen LogP contribution is 2.40. The molecule has 0 bridgehead atoms. The zero-order valence-electron chi connectivity index (χ0n) is 15.3. The Hall–Kier alpha value is -3.46. The first kappa shape index (κ1) is 18.9. The summed E-state index contributed by atoms with van der Waals surface area (Å²) >= 11 is 0. The second kappa shape index (κ2) is 7.51. The molecule has 150 valence electrons. The van der Waals surface area contributed by atoms with Crippen molar-refractivity contribution in [1.29, 1.82) is 0 Å². The van der Waals surface area contributed by atoms with Gasteiger partial charge in [-0.15, -0.1) is 0 Å². The molecule has 0 saturated carbocycles. The van der Waals surface area contributed by atoms with E-state index in [0.717, 1.165) is 12.8 Å². The van der Waals surface area contributed by atoms with Crippen LogP contribution in [0.5, 0.6) is 0 Å². The quantitative estimate of drug-likeness (QED) is 0.270. The van der Waals surface area contributed by atoms with Gasteiger partial charge in [0.05, 0.1) is 22.9 Å². The van der Waals surface area contributed by atoms with E-state index in [4.69, 9.17) is 9.15 Å². The van der Waals surface area contributed by atoms with Gasteiger partial charge >= 0.3 is 0 Å². The number of non-ortho nitro benzene ring substituents is 1. The third-order valence-corrected chi connectivity index (χ3v) is 5.13. The summed E-state index contributed by atoms with van der Waals surface area (Å²) < 4.78 is 11.1. The monoisotopic (exact) mass is 398 g/mol. The van der Waals surface area contributed by atoms with Gasteiger partial charge < -0.3 is 19.2 Å². The number of hydrogen-bond donors (Lipinski definition) is 1. The summed E-state index contributed by atoms with van der Waals surface area (Å²) in [5.74, 6) is -1.65. The van der Waals surface area contributed by atoms with Crippen molar-refractivity contribution in [3.8, 4) is 0 Å². The number of furan rings is 1. The van der Waals surface area contributed by atoms with Gasteiger partial charge in [0.15, 0.2) is 0 Å². The van der Waals surface area contributed by atoms with Crippen molar-refractivity contribution >= 4 is 23.1 Å². The first-order chi connectivity index (χ1) is 14.0. The second-order valence-electron chi connectivity index (χ2n) is 6.91. The molecule has 9 heteroatoms. The molecule has 0 spiro atoms. The zero-order chi connectivity index (χ0) is 20.5. The molecular formula is C20H18N2O7. The maximum Gasteiger partial charge on any atom is 0.295 e. The number of aliphatic hydroxyl groups excluding tert-OH is 1. The Kier molecular flexibility index (Phi) is 4.89. The van der Waals surface area contributed by atoms with Gasteiger partial charge in [0.1, 0.15) is 17.6 Å². The van der Waals surface area contributed by atoms with Crippen LogP contribution in [0.15, 0.2) is 52.7 Å². The molecule has 2 aliphatic rings. The van der Waals surface area contributed by atoms with Gasteiger partial charge in [-0.2, -0.15) is 0 Å². The van der Waals surface area contributed by atoms with Gasteiger partial charge in [-0.25, -0.2) is 0 Å². The van der Waals surface area contributed by atoms with E-state index in [2.05, 4.69) is 0 Å². The molecule has 9 nitrogen and oxygen atoms in total. The van der Waals surface area contributed by atoms with E-state index in [1.807, 2.05) is 0 Å². The minimum absolute atomic E-state index is 0.114. The summed E-state index contributed by atoms with van der Waals surface area (Å²) in [4.78, 5) is 37.2. The number of benzene rings is 1. The van der Waals surface area contributed by atoms with Gasteiger partial charge in [0, 0.05) is 30.8 Å². The number of Topliss-reactive ketones (excluding diaryl/α,β-unsaturated/α-hetero) is 1. The first-order valence-corrected chi connectivity index (χ1v) is 9.15. The van der Waals surface area contributed by atoms with E-state index in [9.17, 15) is 24.8 Å². The fourth-order valence-electron chi connectivity index (χ4n) is 3.72.